The number of nitrogens with one attached hydrogen (secondary N) is 1. The summed E-state index contributed by atoms with van der Waals surface area (Å²) in [6.07, 6.45) is -2.86. The van der Waals surface area contributed by atoms with Crippen molar-refractivity contribution in [1.82, 2.24) is 10.2 Å². The molecule has 1 fully saturated rings. The van der Waals surface area contributed by atoms with Crippen molar-refractivity contribution in [3.8, 4) is 0 Å². The minimum Gasteiger partial charge on any atom is -0.380 e. The molecular formula is C26H28ClN3O4S. The van der Waals surface area contributed by atoms with Crippen LogP contribution in [0.3, 0.4) is 0 Å². The molecule has 3 aromatic rings. The lowest BCUT2D eigenvalue weighted by molar-refractivity contribution is -0.153. The molecule has 0 bridgehead atoms. The zero-order chi connectivity index (χ0) is 24.8. The van der Waals surface area contributed by atoms with Gasteiger partial charge in [0.25, 0.3) is 11.8 Å². The Kier molecular flexibility index (Phi) is 8.41. The molecule has 2 aromatic carbocycles. The highest BCUT2D eigenvalue weighted by Crippen LogP contribution is 2.26. The lowest BCUT2D eigenvalue weighted by Gasteiger charge is -2.37. The van der Waals surface area contributed by atoms with Gasteiger partial charge in [0.05, 0.1) is 17.3 Å². The number of thiophene rings is 1. The summed E-state index contributed by atoms with van der Waals surface area (Å²) in [6, 6.07) is 19.6. The zero-order valence-electron chi connectivity index (χ0n) is 19.1. The van der Waals surface area contributed by atoms with E-state index in [-0.39, 0.29) is 6.54 Å². The Morgan fingerprint density at radius 1 is 0.943 bits per heavy atom. The van der Waals surface area contributed by atoms with Crippen LogP contribution in [0.1, 0.15) is 16.0 Å². The molecule has 2 atom stereocenters. The number of aliphatic hydroxyl groups excluding tert-OH is 2. The first-order valence-electron chi connectivity index (χ1n) is 11.4. The molecule has 0 spiro atoms. The summed E-state index contributed by atoms with van der Waals surface area (Å²) < 4.78 is 0. The molecule has 1 aliphatic heterocycles. The second-order valence-electron chi connectivity index (χ2n) is 8.45. The number of benzene rings is 2. The number of para-hydroxylation sites is 1. The number of halogens is 1. The van der Waals surface area contributed by atoms with Gasteiger partial charge in [-0.2, -0.15) is 0 Å². The maximum Gasteiger partial charge on any atom is 0.254 e. The molecule has 9 heteroatoms. The number of rotatable bonds is 8. The van der Waals surface area contributed by atoms with Crippen LogP contribution >= 0.6 is 22.9 Å². The lowest BCUT2D eigenvalue weighted by Crippen LogP contribution is -2.55. The summed E-state index contributed by atoms with van der Waals surface area (Å²) in [5.41, 5.74) is 3.23. The predicted molar refractivity (Wildman–Crippen MR) is 138 cm³/mol. The van der Waals surface area contributed by atoms with Crippen molar-refractivity contribution in [3.05, 3.63) is 87.1 Å². The van der Waals surface area contributed by atoms with Crippen molar-refractivity contribution in [2.24, 2.45) is 0 Å². The van der Waals surface area contributed by atoms with Crippen LogP contribution < -0.4 is 10.2 Å². The molecule has 7 nitrogen and oxygen atoms in total. The van der Waals surface area contributed by atoms with Gasteiger partial charge >= 0.3 is 0 Å². The Bertz CT molecular complexity index is 1150. The molecule has 1 aliphatic rings. The van der Waals surface area contributed by atoms with Gasteiger partial charge in [-0.15, -0.1) is 11.3 Å². The predicted octanol–water partition coefficient (Wildman–Crippen LogP) is 2.68. The molecule has 184 valence electrons. The van der Waals surface area contributed by atoms with E-state index in [0.717, 1.165) is 22.5 Å². The molecule has 1 aromatic heterocycles. The molecular weight excluding hydrogens is 486 g/mol. The van der Waals surface area contributed by atoms with Crippen LogP contribution in [0.15, 0.2) is 66.0 Å². The SMILES string of the molecule is O=C(NCc1cc(Cc2ccccc2)cs1)[C@H](O)[C@@H](O)C(=O)N1CCN(c2ccccc2Cl)CC1. The number of carbonyl (C=O) groups excluding carboxylic acids is 2. The maximum atomic E-state index is 12.7. The van der Waals surface area contributed by atoms with Crippen molar-refractivity contribution in [3.63, 3.8) is 0 Å². The number of hydrogen-bond acceptors (Lipinski definition) is 6. The minimum absolute atomic E-state index is 0.215. The highest BCUT2D eigenvalue weighted by molar-refractivity contribution is 7.10. The number of carbonyl (C=O) groups is 2. The van der Waals surface area contributed by atoms with Crippen LogP contribution in [0.2, 0.25) is 5.02 Å². The van der Waals surface area contributed by atoms with E-state index in [9.17, 15) is 19.8 Å². The maximum absolute atomic E-state index is 12.7. The lowest BCUT2D eigenvalue weighted by atomic mass is 10.1. The first-order valence-corrected chi connectivity index (χ1v) is 12.7. The van der Waals surface area contributed by atoms with Crippen molar-refractivity contribution in [2.75, 3.05) is 31.1 Å². The number of aliphatic hydroxyl groups is 2. The summed E-state index contributed by atoms with van der Waals surface area (Å²) in [5, 5.41) is 26.0. The van der Waals surface area contributed by atoms with Gasteiger partial charge < -0.3 is 25.3 Å². The Balaban J connectivity index is 1.24. The van der Waals surface area contributed by atoms with Crippen LogP contribution in [0, 0.1) is 0 Å². The van der Waals surface area contributed by atoms with Crippen molar-refractivity contribution in [2.45, 2.75) is 25.2 Å². The molecule has 0 unspecified atom stereocenters. The van der Waals surface area contributed by atoms with E-state index < -0.39 is 24.0 Å². The fourth-order valence-electron chi connectivity index (χ4n) is 4.06. The largest absolute Gasteiger partial charge is 0.380 e. The second-order valence-corrected chi connectivity index (χ2v) is 9.86. The molecule has 2 amide bonds. The van der Waals surface area contributed by atoms with Gasteiger partial charge in [0.15, 0.2) is 12.2 Å². The number of piperazine rings is 1. The smallest absolute Gasteiger partial charge is 0.254 e. The Morgan fingerprint density at radius 2 is 1.63 bits per heavy atom. The third kappa shape index (κ3) is 6.41. The number of amides is 2. The van der Waals surface area contributed by atoms with Gasteiger partial charge in [0, 0.05) is 31.1 Å². The van der Waals surface area contributed by atoms with Crippen LogP contribution in [-0.2, 0) is 22.6 Å². The Labute approximate surface area is 213 Å². The fraction of sp³-hybridized carbons (Fsp3) is 0.308. The average molecular weight is 514 g/mol. The molecule has 1 saturated heterocycles. The number of anilines is 1. The van der Waals surface area contributed by atoms with E-state index in [1.54, 1.807) is 0 Å². The van der Waals surface area contributed by atoms with Gasteiger partial charge in [-0.05, 0) is 41.1 Å². The van der Waals surface area contributed by atoms with E-state index in [1.165, 1.54) is 21.8 Å². The molecule has 0 saturated carbocycles. The van der Waals surface area contributed by atoms with Gasteiger partial charge in [-0.3, -0.25) is 9.59 Å². The highest BCUT2D eigenvalue weighted by Gasteiger charge is 2.34. The van der Waals surface area contributed by atoms with E-state index in [4.69, 9.17) is 11.6 Å². The van der Waals surface area contributed by atoms with Gasteiger partial charge in [-0.1, -0.05) is 54.1 Å². The van der Waals surface area contributed by atoms with Gasteiger partial charge in [0.2, 0.25) is 0 Å². The van der Waals surface area contributed by atoms with E-state index in [2.05, 4.69) is 22.3 Å². The van der Waals surface area contributed by atoms with Gasteiger partial charge in [0.1, 0.15) is 0 Å². The normalized spacial score (nSPS) is 15.5. The standard InChI is InChI=1S/C26H28ClN3O4S/c27-21-8-4-5-9-22(21)29-10-12-30(13-11-29)26(34)24(32)23(31)25(33)28-16-20-15-19(17-35-20)14-18-6-2-1-3-7-18/h1-9,15,17,23-24,31-32H,10-14,16H2,(H,28,33)/t23-,24-/m1/s1. The summed E-state index contributed by atoms with van der Waals surface area (Å²) in [6.45, 7) is 2.00. The van der Waals surface area contributed by atoms with Crippen LogP contribution in [0.5, 0.6) is 0 Å². The summed E-state index contributed by atoms with van der Waals surface area (Å²) >= 11 is 7.77. The molecule has 0 aliphatic carbocycles. The van der Waals surface area contributed by atoms with Crippen molar-refractivity contribution in [1.29, 1.82) is 0 Å². The van der Waals surface area contributed by atoms with Crippen molar-refractivity contribution >= 4 is 40.4 Å². The van der Waals surface area contributed by atoms with Crippen molar-refractivity contribution < 1.29 is 19.8 Å². The van der Waals surface area contributed by atoms with E-state index in [1.807, 2.05) is 53.9 Å². The van der Waals surface area contributed by atoms with E-state index >= 15 is 0 Å². The fourth-order valence-corrected chi connectivity index (χ4v) is 5.15. The first-order chi connectivity index (χ1) is 16.9. The topological polar surface area (TPSA) is 93.1 Å². The monoisotopic (exact) mass is 513 g/mol. The van der Waals surface area contributed by atoms with E-state index in [0.29, 0.717) is 31.2 Å². The molecule has 4 rings (SSSR count). The Morgan fingerprint density at radius 3 is 2.34 bits per heavy atom. The second kappa shape index (κ2) is 11.7. The molecule has 35 heavy (non-hydrogen) atoms. The molecule has 0 radical (unpaired) electrons. The third-order valence-electron chi connectivity index (χ3n) is 6.00. The van der Waals surface area contributed by atoms with Crippen LogP contribution in [0.4, 0.5) is 5.69 Å². The summed E-state index contributed by atoms with van der Waals surface area (Å²) in [5.74, 6) is -1.44. The molecule has 2 heterocycles. The van der Waals surface area contributed by atoms with Crippen LogP contribution in [-0.4, -0.2) is 65.3 Å². The zero-order valence-corrected chi connectivity index (χ0v) is 20.7. The summed E-state index contributed by atoms with van der Waals surface area (Å²) in [7, 11) is 0. The third-order valence-corrected chi connectivity index (χ3v) is 7.31. The quantitative estimate of drug-likeness (QED) is 0.430. The molecule has 3 N–H and O–H groups in total. The van der Waals surface area contributed by atoms with Crippen LogP contribution in [0.25, 0.3) is 0 Å². The summed E-state index contributed by atoms with van der Waals surface area (Å²) in [4.78, 5) is 29.6. The first kappa shape index (κ1) is 25.2. The Hall–Kier alpha value is -2.91. The number of nitrogens with zero attached hydrogens (tertiary/aromatic N) is 2. The minimum atomic E-state index is -1.84. The highest BCUT2D eigenvalue weighted by atomic mass is 35.5. The van der Waals surface area contributed by atoms with Gasteiger partial charge in [-0.25, -0.2) is 0 Å². The average Bonchev–Trinajstić information content (AvgIpc) is 3.34. The number of hydrogen-bond donors (Lipinski definition) is 3.